The standard InChI is InChI=1S/C17H28N2O2/c1-5-10-18-13(2)14-6-8-15(9-7-14)19-11-16(20-3)17(12-19)21-4/h6-9,13,16-18H,5,10-12H2,1-4H3. The zero-order valence-corrected chi connectivity index (χ0v) is 13.6. The molecule has 1 aromatic carbocycles. The molecule has 1 heterocycles. The molecule has 1 aromatic rings. The maximum absolute atomic E-state index is 5.50. The van der Waals surface area contributed by atoms with Crippen molar-refractivity contribution in [2.75, 3.05) is 38.8 Å². The maximum Gasteiger partial charge on any atom is 0.102 e. The highest BCUT2D eigenvalue weighted by Gasteiger charge is 2.32. The first kappa shape index (κ1) is 16.3. The van der Waals surface area contributed by atoms with Crippen molar-refractivity contribution in [2.24, 2.45) is 0 Å². The number of ether oxygens (including phenoxy) is 2. The van der Waals surface area contributed by atoms with Crippen molar-refractivity contribution >= 4 is 5.69 Å². The van der Waals surface area contributed by atoms with Gasteiger partial charge in [-0.05, 0) is 37.6 Å². The quantitative estimate of drug-likeness (QED) is 0.837. The molecule has 2 rings (SSSR count). The molecule has 1 saturated heterocycles. The Morgan fingerprint density at radius 1 is 1.14 bits per heavy atom. The average molecular weight is 292 g/mol. The number of nitrogens with one attached hydrogen (secondary N) is 1. The van der Waals surface area contributed by atoms with Crippen molar-refractivity contribution in [3.05, 3.63) is 29.8 Å². The number of nitrogens with zero attached hydrogens (tertiary/aromatic N) is 1. The summed E-state index contributed by atoms with van der Waals surface area (Å²) >= 11 is 0. The summed E-state index contributed by atoms with van der Waals surface area (Å²) in [4.78, 5) is 2.33. The summed E-state index contributed by atoms with van der Waals surface area (Å²) in [6.45, 7) is 7.23. The minimum atomic E-state index is 0.153. The van der Waals surface area contributed by atoms with Gasteiger partial charge in [0.2, 0.25) is 0 Å². The van der Waals surface area contributed by atoms with E-state index in [2.05, 4.69) is 48.3 Å². The van der Waals surface area contributed by atoms with Crippen molar-refractivity contribution in [1.29, 1.82) is 0 Å². The molecule has 4 heteroatoms. The van der Waals surface area contributed by atoms with Gasteiger partial charge in [0.15, 0.2) is 0 Å². The summed E-state index contributed by atoms with van der Waals surface area (Å²) in [7, 11) is 3.51. The van der Waals surface area contributed by atoms with Crippen LogP contribution in [0.3, 0.4) is 0 Å². The molecule has 0 saturated carbocycles. The highest BCUT2D eigenvalue weighted by Crippen LogP contribution is 2.25. The van der Waals surface area contributed by atoms with Crippen LogP contribution in [0, 0.1) is 0 Å². The Bertz CT molecular complexity index is 409. The molecule has 0 aromatic heterocycles. The van der Waals surface area contributed by atoms with E-state index < -0.39 is 0 Å². The predicted octanol–water partition coefficient (Wildman–Crippen LogP) is 2.60. The van der Waals surface area contributed by atoms with Crippen molar-refractivity contribution in [3.8, 4) is 0 Å². The van der Waals surface area contributed by atoms with Gasteiger partial charge in [-0.2, -0.15) is 0 Å². The zero-order chi connectivity index (χ0) is 15.2. The fraction of sp³-hybridized carbons (Fsp3) is 0.647. The van der Waals surface area contributed by atoms with Gasteiger partial charge in [0.1, 0.15) is 12.2 Å². The molecule has 1 fully saturated rings. The van der Waals surface area contributed by atoms with Crippen LogP contribution in [0.25, 0.3) is 0 Å². The van der Waals surface area contributed by atoms with Gasteiger partial charge in [0.05, 0.1) is 0 Å². The average Bonchev–Trinajstić information content (AvgIpc) is 2.96. The summed E-state index contributed by atoms with van der Waals surface area (Å²) in [6, 6.07) is 9.22. The largest absolute Gasteiger partial charge is 0.377 e. The molecule has 21 heavy (non-hydrogen) atoms. The van der Waals surface area contributed by atoms with Gasteiger partial charge in [0, 0.05) is 39.0 Å². The van der Waals surface area contributed by atoms with E-state index in [0.717, 1.165) is 26.1 Å². The highest BCUT2D eigenvalue weighted by molar-refractivity contribution is 5.49. The molecule has 0 amide bonds. The Morgan fingerprint density at radius 2 is 1.71 bits per heavy atom. The van der Waals surface area contributed by atoms with Crippen molar-refractivity contribution in [3.63, 3.8) is 0 Å². The Hall–Kier alpha value is -1.10. The molecule has 3 unspecified atom stereocenters. The van der Waals surface area contributed by atoms with E-state index in [0.29, 0.717) is 6.04 Å². The topological polar surface area (TPSA) is 33.7 Å². The maximum atomic E-state index is 5.50. The van der Waals surface area contributed by atoms with Crippen LogP contribution in [-0.2, 0) is 9.47 Å². The first-order valence-electron chi connectivity index (χ1n) is 7.83. The monoisotopic (exact) mass is 292 g/mol. The highest BCUT2D eigenvalue weighted by atomic mass is 16.5. The lowest BCUT2D eigenvalue weighted by Gasteiger charge is -2.20. The van der Waals surface area contributed by atoms with Crippen LogP contribution in [0.4, 0.5) is 5.69 Å². The Kier molecular flexibility index (Phi) is 6.03. The first-order chi connectivity index (χ1) is 10.2. The fourth-order valence-corrected chi connectivity index (χ4v) is 2.86. The number of methoxy groups -OCH3 is 2. The van der Waals surface area contributed by atoms with Crippen molar-refractivity contribution < 1.29 is 9.47 Å². The third-order valence-electron chi connectivity index (χ3n) is 4.28. The van der Waals surface area contributed by atoms with E-state index in [1.165, 1.54) is 11.3 Å². The summed E-state index contributed by atoms with van der Waals surface area (Å²) in [5.74, 6) is 0. The number of hydrogen-bond donors (Lipinski definition) is 1. The molecule has 1 N–H and O–H groups in total. The molecular formula is C17H28N2O2. The minimum Gasteiger partial charge on any atom is -0.377 e. The number of benzene rings is 1. The second-order valence-corrected chi connectivity index (χ2v) is 5.72. The Morgan fingerprint density at radius 3 is 2.19 bits per heavy atom. The second kappa shape index (κ2) is 7.78. The van der Waals surface area contributed by atoms with Crippen LogP contribution >= 0.6 is 0 Å². The summed E-state index contributed by atoms with van der Waals surface area (Å²) in [6.07, 6.45) is 1.46. The Labute approximate surface area is 128 Å². The lowest BCUT2D eigenvalue weighted by atomic mass is 10.1. The normalized spacial score (nSPS) is 23.5. The van der Waals surface area contributed by atoms with E-state index in [4.69, 9.17) is 9.47 Å². The van der Waals surface area contributed by atoms with Gasteiger partial charge < -0.3 is 19.7 Å². The van der Waals surface area contributed by atoms with Crippen LogP contribution in [0.2, 0.25) is 0 Å². The second-order valence-electron chi connectivity index (χ2n) is 5.72. The summed E-state index contributed by atoms with van der Waals surface area (Å²) in [5, 5.41) is 3.52. The van der Waals surface area contributed by atoms with Crippen LogP contribution in [0.1, 0.15) is 31.9 Å². The van der Waals surface area contributed by atoms with Gasteiger partial charge >= 0.3 is 0 Å². The molecule has 4 nitrogen and oxygen atoms in total. The van der Waals surface area contributed by atoms with E-state index in [1.807, 2.05) is 0 Å². The first-order valence-corrected chi connectivity index (χ1v) is 7.83. The molecule has 0 spiro atoms. The number of rotatable bonds is 7. The van der Waals surface area contributed by atoms with E-state index in [1.54, 1.807) is 14.2 Å². The third kappa shape index (κ3) is 3.96. The van der Waals surface area contributed by atoms with Crippen molar-refractivity contribution in [2.45, 2.75) is 38.5 Å². The van der Waals surface area contributed by atoms with Crippen LogP contribution in [0.15, 0.2) is 24.3 Å². The van der Waals surface area contributed by atoms with Gasteiger partial charge in [-0.25, -0.2) is 0 Å². The molecule has 0 aliphatic carbocycles. The molecule has 1 aliphatic heterocycles. The van der Waals surface area contributed by atoms with E-state index in [-0.39, 0.29) is 12.2 Å². The molecule has 1 aliphatic rings. The number of anilines is 1. The van der Waals surface area contributed by atoms with E-state index >= 15 is 0 Å². The molecular weight excluding hydrogens is 264 g/mol. The zero-order valence-electron chi connectivity index (χ0n) is 13.6. The minimum absolute atomic E-state index is 0.153. The van der Waals surface area contributed by atoms with Gasteiger partial charge in [-0.15, -0.1) is 0 Å². The van der Waals surface area contributed by atoms with Gasteiger partial charge in [-0.1, -0.05) is 19.1 Å². The number of hydrogen-bond acceptors (Lipinski definition) is 4. The Balaban J connectivity index is 1.99. The smallest absolute Gasteiger partial charge is 0.102 e. The summed E-state index contributed by atoms with van der Waals surface area (Å²) < 4.78 is 11.0. The van der Waals surface area contributed by atoms with E-state index in [9.17, 15) is 0 Å². The lowest BCUT2D eigenvalue weighted by molar-refractivity contribution is -0.00461. The van der Waals surface area contributed by atoms with Crippen LogP contribution < -0.4 is 10.2 Å². The van der Waals surface area contributed by atoms with Gasteiger partial charge in [-0.3, -0.25) is 0 Å². The van der Waals surface area contributed by atoms with Crippen LogP contribution in [-0.4, -0.2) is 46.1 Å². The molecule has 0 bridgehead atoms. The SMILES string of the molecule is CCCNC(C)c1ccc(N2CC(OC)C(OC)C2)cc1. The molecule has 0 radical (unpaired) electrons. The molecule has 3 atom stereocenters. The third-order valence-corrected chi connectivity index (χ3v) is 4.28. The molecule has 118 valence electrons. The van der Waals surface area contributed by atoms with Crippen molar-refractivity contribution in [1.82, 2.24) is 5.32 Å². The van der Waals surface area contributed by atoms with Gasteiger partial charge in [0.25, 0.3) is 0 Å². The summed E-state index contributed by atoms with van der Waals surface area (Å²) in [5.41, 5.74) is 2.57. The lowest BCUT2D eigenvalue weighted by Crippen LogP contribution is -2.27. The fourth-order valence-electron chi connectivity index (χ4n) is 2.86. The van der Waals surface area contributed by atoms with Crippen LogP contribution in [0.5, 0.6) is 0 Å². The predicted molar refractivity (Wildman–Crippen MR) is 87.0 cm³/mol.